The summed E-state index contributed by atoms with van der Waals surface area (Å²) in [5.41, 5.74) is -0.774. The summed E-state index contributed by atoms with van der Waals surface area (Å²) >= 11 is 0. The first kappa shape index (κ1) is 16.1. The van der Waals surface area contributed by atoms with Crippen molar-refractivity contribution in [2.24, 2.45) is 11.3 Å². The van der Waals surface area contributed by atoms with Crippen molar-refractivity contribution in [3.63, 3.8) is 0 Å². The molecule has 0 radical (unpaired) electrons. The van der Waals surface area contributed by atoms with Crippen molar-refractivity contribution in [1.82, 2.24) is 10.2 Å². The lowest BCUT2D eigenvalue weighted by atomic mass is 9.78. The van der Waals surface area contributed by atoms with E-state index in [1.807, 2.05) is 6.92 Å². The lowest BCUT2D eigenvalue weighted by Crippen LogP contribution is -2.53. The molecule has 0 saturated carbocycles. The number of nitrogens with one attached hydrogen (secondary N) is 1. The number of urea groups is 1. The molecule has 21 heavy (non-hydrogen) atoms. The predicted molar refractivity (Wildman–Crippen MR) is 78.1 cm³/mol. The predicted octanol–water partition coefficient (Wildman–Crippen LogP) is 1.70. The number of hydrogen-bond donors (Lipinski definition) is 2. The van der Waals surface area contributed by atoms with E-state index in [0.29, 0.717) is 45.0 Å². The molecule has 2 unspecified atom stereocenters. The number of carboxylic acids is 1. The molecule has 2 aliphatic heterocycles. The zero-order valence-corrected chi connectivity index (χ0v) is 12.8. The first-order valence-electron chi connectivity index (χ1n) is 7.91. The summed E-state index contributed by atoms with van der Waals surface area (Å²) in [6.45, 7) is 4.97. The van der Waals surface area contributed by atoms with E-state index in [-0.39, 0.29) is 6.03 Å². The van der Waals surface area contributed by atoms with Gasteiger partial charge in [0.05, 0.1) is 12.0 Å². The Bertz CT molecular complexity index is 382. The van der Waals surface area contributed by atoms with Crippen LogP contribution in [0.3, 0.4) is 0 Å². The Morgan fingerprint density at radius 1 is 1.43 bits per heavy atom. The third-order valence-electron chi connectivity index (χ3n) is 4.79. The molecule has 2 amide bonds. The Hall–Kier alpha value is -1.30. The summed E-state index contributed by atoms with van der Waals surface area (Å²) in [5.74, 6) is -0.411. The molecule has 2 atom stereocenters. The Morgan fingerprint density at radius 3 is 2.86 bits per heavy atom. The smallest absolute Gasteiger partial charge is 0.317 e. The third-order valence-corrected chi connectivity index (χ3v) is 4.79. The van der Waals surface area contributed by atoms with Crippen LogP contribution in [0.15, 0.2) is 0 Å². The van der Waals surface area contributed by atoms with Crippen molar-refractivity contribution in [2.45, 2.75) is 39.0 Å². The van der Waals surface area contributed by atoms with Crippen LogP contribution in [0.5, 0.6) is 0 Å². The third kappa shape index (κ3) is 3.87. The molecule has 0 bridgehead atoms. The van der Waals surface area contributed by atoms with Gasteiger partial charge in [0.1, 0.15) is 0 Å². The van der Waals surface area contributed by atoms with E-state index in [0.717, 1.165) is 25.9 Å². The number of carboxylic acid groups (broad SMARTS) is 1. The normalized spacial score (nSPS) is 30.0. The van der Waals surface area contributed by atoms with Crippen molar-refractivity contribution in [1.29, 1.82) is 0 Å². The number of likely N-dealkylation sites (tertiary alicyclic amines) is 1. The first-order chi connectivity index (χ1) is 10.1. The average Bonchev–Trinajstić information content (AvgIpc) is 2.53. The van der Waals surface area contributed by atoms with Crippen molar-refractivity contribution in [3.8, 4) is 0 Å². The Morgan fingerprint density at radius 2 is 2.24 bits per heavy atom. The molecule has 0 aromatic carbocycles. The molecule has 0 aromatic rings. The fourth-order valence-corrected chi connectivity index (χ4v) is 3.23. The molecule has 120 valence electrons. The number of aliphatic carboxylic acids is 1. The van der Waals surface area contributed by atoms with Crippen LogP contribution in [0.2, 0.25) is 0 Å². The summed E-state index contributed by atoms with van der Waals surface area (Å²) in [7, 11) is 0. The second-order valence-electron chi connectivity index (χ2n) is 6.23. The van der Waals surface area contributed by atoms with Crippen molar-refractivity contribution >= 4 is 12.0 Å². The Labute approximate surface area is 125 Å². The number of rotatable bonds is 4. The number of piperidine rings is 1. The summed E-state index contributed by atoms with van der Waals surface area (Å²) in [6, 6.07) is -0.139. The minimum atomic E-state index is -0.789. The topological polar surface area (TPSA) is 78.9 Å². The van der Waals surface area contributed by atoms with Crippen LogP contribution in [0.1, 0.15) is 39.0 Å². The average molecular weight is 298 g/mol. The van der Waals surface area contributed by atoms with Crippen LogP contribution in [0.25, 0.3) is 0 Å². The van der Waals surface area contributed by atoms with Gasteiger partial charge in [0, 0.05) is 26.2 Å². The van der Waals surface area contributed by atoms with Gasteiger partial charge in [-0.3, -0.25) is 4.79 Å². The van der Waals surface area contributed by atoms with Crippen LogP contribution in [-0.2, 0) is 9.53 Å². The first-order valence-corrected chi connectivity index (χ1v) is 7.91. The highest BCUT2D eigenvalue weighted by Crippen LogP contribution is 2.33. The molecule has 6 heteroatoms. The van der Waals surface area contributed by atoms with E-state index in [2.05, 4.69) is 5.32 Å². The van der Waals surface area contributed by atoms with E-state index in [9.17, 15) is 14.7 Å². The molecule has 2 aliphatic rings. The second-order valence-corrected chi connectivity index (χ2v) is 6.23. The zero-order chi connectivity index (χ0) is 15.3. The lowest BCUT2D eigenvalue weighted by molar-refractivity contribution is -0.152. The zero-order valence-electron chi connectivity index (χ0n) is 12.8. The highest BCUT2D eigenvalue weighted by Gasteiger charge is 2.42. The molecule has 0 aliphatic carbocycles. The molecule has 2 N–H and O–H groups in total. The number of carbonyl (C=O) groups excluding carboxylic acids is 1. The van der Waals surface area contributed by atoms with E-state index >= 15 is 0 Å². The molecule has 6 nitrogen and oxygen atoms in total. The molecule has 0 spiro atoms. The lowest BCUT2D eigenvalue weighted by Gasteiger charge is -2.39. The fourth-order valence-electron chi connectivity index (χ4n) is 3.23. The largest absolute Gasteiger partial charge is 0.481 e. The van der Waals surface area contributed by atoms with Gasteiger partial charge in [-0.15, -0.1) is 0 Å². The standard InChI is InChI=1S/C15H26N2O4/c1-2-15(13(18)19)6-4-7-17(11-15)14(20)16-9-12-5-3-8-21-10-12/h12H,2-11H2,1H3,(H,16,20)(H,18,19). The Kier molecular flexibility index (Phi) is 5.45. The van der Waals surface area contributed by atoms with E-state index < -0.39 is 11.4 Å². The van der Waals surface area contributed by atoms with Gasteiger partial charge in [0.2, 0.25) is 0 Å². The minimum Gasteiger partial charge on any atom is -0.481 e. The fraction of sp³-hybridized carbons (Fsp3) is 0.867. The summed E-state index contributed by atoms with van der Waals surface area (Å²) in [5, 5.41) is 12.4. The number of nitrogens with zero attached hydrogens (tertiary/aromatic N) is 1. The van der Waals surface area contributed by atoms with Gasteiger partial charge in [0.15, 0.2) is 0 Å². The van der Waals surface area contributed by atoms with Crippen molar-refractivity contribution in [3.05, 3.63) is 0 Å². The van der Waals surface area contributed by atoms with Gasteiger partial charge in [-0.1, -0.05) is 6.92 Å². The quantitative estimate of drug-likeness (QED) is 0.828. The molecule has 2 saturated heterocycles. The van der Waals surface area contributed by atoms with E-state index in [1.54, 1.807) is 4.90 Å². The highest BCUT2D eigenvalue weighted by molar-refractivity contribution is 5.78. The van der Waals surface area contributed by atoms with E-state index in [1.165, 1.54) is 0 Å². The maximum atomic E-state index is 12.2. The van der Waals surface area contributed by atoms with Crippen molar-refractivity contribution in [2.75, 3.05) is 32.8 Å². The number of carbonyl (C=O) groups is 2. The highest BCUT2D eigenvalue weighted by atomic mass is 16.5. The van der Waals surface area contributed by atoms with Crippen LogP contribution in [0.4, 0.5) is 4.79 Å². The molecular weight excluding hydrogens is 272 g/mol. The number of ether oxygens (including phenoxy) is 1. The van der Waals surface area contributed by atoms with Crippen LogP contribution < -0.4 is 5.32 Å². The van der Waals surface area contributed by atoms with Crippen LogP contribution >= 0.6 is 0 Å². The van der Waals surface area contributed by atoms with E-state index in [4.69, 9.17) is 4.74 Å². The maximum Gasteiger partial charge on any atom is 0.317 e. The summed E-state index contributed by atoms with van der Waals surface area (Å²) in [6.07, 6.45) is 4.08. The molecule has 2 fully saturated rings. The monoisotopic (exact) mass is 298 g/mol. The summed E-state index contributed by atoms with van der Waals surface area (Å²) in [4.78, 5) is 25.4. The number of amides is 2. The minimum absolute atomic E-state index is 0.139. The van der Waals surface area contributed by atoms with Crippen LogP contribution in [-0.4, -0.2) is 54.9 Å². The Balaban J connectivity index is 1.85. The van der Waals surface area contributed by atoms with Gasteiger partial charge in [-0.2, -0.15) is 0 Å². The molecule has 2 heterocycles. The maximum absolute atomic E-state index is 12.2. The van der Waals surface area contributed by atoms with Gasteiger partial charge in [-0.05, 0) is 38.0 Å². The van der Waals surface area contributed by atoms with Crippen molar-refractivity contribution < 1.29 is 19.4 Å². The molecule has 0 aromatic heterocycles. The SMILES string of the molecule is CCC1(C(=O)O)CCCN(C(=O)NCC2CCCOC2)C1. The molecule has 2 rings (SSSR count). The van der Waals surface area contributed by atoms with Gasteiger partial charge >= 0.3 is 12.0 Å². The molecular formula is C15H26N2O4. The number of hydrogen-bond acceptors (Lipinski definition) is 3. The van der Waals surface area contributed by atoms with Gasteiger partial charge in [-0.25, -0.2) is 4.79 Å². The van der Waals surface area contributed by atoms with Gasteiger partial charge in [0.25, 0.3) is 0 Å². The summed E-state index contributed by atoms with van der Waals surface area (Å²) < 4.78 is 5.40. The second kappa shape index (κ2) is 7.11. The van der Waals surface area contributed by atoms with Gasteiger partial charge < -0.3 is 20.1 Å². The van der Waals surface area contributed by atoms with Crippen LogP contribution in [0, 0.1) is 11.3 Å².